The molecule has 1 atom stereocenters. The van der Waals surface area contributed by atoms with E-state index in [-0.39, 0.29) is 17.4 Å². The number of nitrogens with one attached hydrogen (secondary N) is 2. The third kappa shape index (κ3) is 4.50. The summed E-state index contributed by atoms with van der Waals surface area (Å²) in [6.45, 7) is 6.29. The molecule has 4 heterocycles. The Morgan fingerprint density at radius 1 is 1.48 bits per heavy atom. The molecule has 0 bridgehead atoms. The minimum Gasteiger partial charge on any atom is -0.372 e. The highest BCUT2D eigenvalue weighted by molar-refractivity contribution is 5.92. The van der Waals surface area contributed by atoms with Gasteiger partial charge in [0.05, 0.1) is 12.7 Å². The molecule has 0 fully saturated rings. The fourth-order valence-electron chi connectivity index (χ4n) is 4.04. The molecule has 2 aromatic heterocycles. The summed E-state index contributed by atoms with van der Waals surface area (Å²) in [5.74, 6) is -1.04. The molecule has 1 amide bonds. The Labute approximate surface area is 179 Å². The Morgan fingerprint density at radius 3 is 3.00 bits per heavy atom. The lowest BCUT2D eigenvalue weighted by Gasteiger charge is -2.32. The summed E-state index contributed by atoms with van der Waals surface area (Å²) < 4.78 is 20.4. The molecule has 0 aromatic carbocycles. The van der Waals surface area contributed by atoms with E-state index < -0.39 is 11.9 Å². The van der Waals surface area contributed by atoms with Gasteiger partial charge in [-0.2, -0.15) is 4.39 Å². The summed E-state index contributed by atoms with van der Waals surface area (Å²) in [5.41, 5.74) is 3.73. The number of aromatic nitrogens is 2. The predicted molar refractivity (Wildman–Crippen MR) is 116 cm³/mol. The van der Waals surface area contributed by atoms with Gasteiger partial charge in [-0.3, -0.25) is 14.5 Å². The van der Waals surface area contributed by atoms with Crippen LogP contribution >= 0.6 is 0 Å². The van der Waals surface area contributed by atoms with Crippen LogP contribution in [-0.4, -0.2) is 53.6 Å². The molecule has 2 aliphatic heterocycles. The molecule has 0 radical (unpaired) electrons. The van der Waals surface area contributed by atoms with E-state index in [0.717, 1.165) is 29.9 Å². The fourth-order valence-corrected chi connectivity index (χ4v) is 4.04. The van der Waals surface area contributed by atoms with Crippen molar-refractivity contribution in [1.29, 1.82) is 0 Å². The smallest absolute Gasteiger partial charge is 0.269 e. The minimum atomic E-state index is -0.629. The third-order valence-electron chi connectivity index (χ3n) is 5.78. The van der Waals surface area contributed by atoms with Crippen molar-refractivity contribution in [1.82, 2.24) is 20.2 Å². The van der Waals surface area contributed by atoms with Gasteiger partial charge in [0.1, 0.15) is 5.69 Å². The quantitative estimate of drug-likeness (QED) is 0.719. The van der Waals surface area contributed by atoms with E-state index >= 15 is 0 Å². The van der Waals surface area contributed by atoms with Gasteiger partial charge < -0.3 is 15.0 Å². The highest BCUT2D eigenvalue weighted by Gasteiger charge is 2.25. The van der Waals surface area contributed by atoms with Crippen LogP contribution in [0, 0.1) is 5.95 Å². The first kappa shape index (κ1) is 21.1. The second-order valence-electron chi connectivity index (χ2n) is 7.75. The van der Waals surface area contributed by atoms with Crippen LogP contribution in [0.15, 0.2) is 35.6 Å². The lowest BCUT2D eigenvalue weighted by molar-refractivity contribution is 0.00552. The largest absolute Gasteiger partial charge is 0.372 e. The van der Waals surface area contributed by atoms with Gasteiger partial charge in [0.2, 0.25) is 5.95 Å². The number of rotatable bonds is 5. The number of pyridine rings is 2. The zero-order chi connectivity index (χ0) is 22.0. The fraction of sp³-hybridized carbons (Fsp3) is 0.348. The lowest BCUT2D eigenvalue weighted by Crippen LogP contribution is -2.40. The maximum Gasteiger partial charge on any atom is 0.269 e. The molecule has 2 N–H and O–H groups in total. The predicted octanol–water partition coefficient (Wildman–Crippen LogP) is 2.14. The number of aromatic amines is 1. The van der Waals surface area contributed by atoms with Crippen LogP contribution in [0.3, 0.4) is 0 Å². The molecule has 31 heavy (non-hydrogen) atoms. The van der Waals surface area contributed by atoms with Crippen molar-refractivity contribution >= 4 is 17.6 Å². The van der Waals surface area contributed by atoms with E-state index in [2.05, 4.69) is 26.8 Å². The Morgan fingerprint density at radius 2 is 2.32 bits per heavy atom. The number of carbonyl (C=O) groups excluding carboxylic acids is 1. The topological polar surface area (TPSA) is 87.3 Å². The average Bonchev–Trinajstić information content (AvgIpc) is 2.78. The van der Waals surface area contributed by atoms with Crippen LogP contribution in [0.4, 0.5) is 4.39 Å². The van der Waals surface area contributed by atoms with Gasteiger partial charge in [-0.25, -0.2) is 4.98 Å². The van der Waals surface area contributed by atoms with E-state index in [1.54, 1.807) is 12.1 Å². The Kier molecular flexibility index (Phi) is 6.11. The first-order valence-corrected chi connectivity index (χ1v) is 10.3. The van der Waals surface area contributed by atoms with Crippen LogP contribution < -0.4 is 10.9 Å². The number of amides is 1. The Bertz CT molecular complexity index is 1110. The van der Waals surface area contributed by atoms with Gasteiger partial charge in [-0.15, -0.1) is 0 Å². The lowest BCUT2D eigenvalue weighted by atomic mass is 9.99. The van der Waals surface area contributed by atoms with Gasteiger partial charge in [0.25, 0.3) is 11.5 Å². The average molecular weight is 424 g/mol. The van der Waals surface area contributed by atoms with E-state index in [1.165, 1.54) is 13.1 Å². The Hall–Kier alpha value is -3.10. The summed E-state index contributed by atoms with van der Waals surface area (Å²) in [6.07, 6.45) is 4.86. The summed E-state index contributed by atoms with van der Waals surface area (Å²) >= 11 is 0. The zero-order valence-electron chi connectivity index (χ0n) is 17.4. The SMILES string of the molecule is C=Cc1cc2c([nH]c1=O)CC(CN1CC=C(c3ccc(C(=O)NC)nc3F)CC1)OC2. The standard InChI is InChI=1S/C23H25FN4O3/c1-3-14-10-16-13-31-17(11-20(16)27-22(14)29)12-28-8-6-15(7-9-28)18-4-5-19(23(30)25-2)26-21(18)24/h3-6,10,17H,1,7-9,11-13H2,2H3,(H,25,30)(H,27,29). The summed E-state index contributed by atoms with van der Waals surface area (Å²) in [4.78, 5) is 32.7. The van der Waals surface area contributed by atoms with Gasteiger partial charge in [0, 0.05) is 49.9 Å². The van der Waals surface area contributed by atoms with Crippen molar-refractivity contribution in [3.8, 4) is 0 Å². The van der Waals surface area contributed by atoms with Gasteiger partial charge in [-0.05, 0) is 35.8 Å². The van der Waals surface area contributed by atoms with Crippen LogP contribution in [-0.2, 0) is 17.8 Å². The van der Waals surface area contributed by atoms with Crippen LogP contribution in [0.2, 0.25) is 0 Å². The van der Waals surface area contributed by atoms with E-state index in [1.807, 2.05) is 12.1 Å². The molecule has 0 saturated carbocycles. The first-order valence-electron chi connectivity index (χ1n) is 10.3. The number of H-pyrrole nitrogens is 1. The highest BCUT2D eigenvalue weighted by Crippen LogP contribution is 2.26. The third-order valence-corrected chi connectivity index (χ3v) is 5.78. The normalized spacial score (nSPS) is 18.8. The summed E-state index contributed by atoms with van der Waals surface area (Å²) in [7, 11) is 1.48. The van der Waals surface area contributed by atoms with Crippen LogP contribution in [0.25, 0.3) is 11.6 Å². The zero-order valence-corrected chi connectivity index (χ0v) is 17.4. The van der Waals surface area contributed by atoms with Gasteiger partial charge >= 0.3 is 0 Å². The number of carbonyl (C=O) groups is 1. The van der Waals surface area contributed by atoms with E-state index in [4.69, 9.17) is 4.74 Å². The van der Waals surface area contributed by atoms with Gasteiger partial charge in [0.15, 0.2) is 0 Å². The molecule has 0 aliphatic carbocycles. The second kappa shape index (κ2) is 8.95. The molecule has 2 aliphatic rings. The maximum absolute atomic E-state index is 14.4. The summed E-state index contributed by atoms with van der Waals surface area (Å²) in [6, 6.07) is 4.99. The monoisotopic (exact) mass is 424 g/mol. The summed E-state index contributed by atoms with van der Waals surface area (Å²) in [5, 5.41) is 2.44. The van der Waals surface area contributed by atoms with Crippen LogP contribution in [0.5, 0.6) is 0 Å². The number of ether oxygens (including phenoxy) is 1. The van der Waals surface area contributed by atoms with E-state index in [0.29, 0.717) is 37.1 Å². The highest BCUT2D eigenvalue weighted by atomic mass is 19.1. The molecule has 2 aromatic rings. The van der Waals surface area contributed by atoms with Crippen molar-refractivity contribution in [3.05, 3.63) is 75.2 Å². The minimum absolute atomic E-state index is 0.0158. The molecule has 7 nitrogen and oxygen atoms in total. The number of hydrogen-bond acceptors (Lipinski definition) is 5. The number of hydrogen-bond donors (Lipinski definition) is 2. The van der Waals surface area contributed by atoms with Crippen molar-refractivity contribution < 1.29 is 13.9 Å². The van der Waals surface area contributed by atoms with Crippen LogP contribution in [0.1, 0.15) is 39.3 Å². The molecular formula is C23H25FN4O3. The van der Waals surface area contributed by atoms with E-state index in [9.17, 15) is 14.0 Å². The van der Waals surface area contributed by atoms with Crippen molar-refractivity contribution in [2.24, 2.45) is 0 Å². The number of fused-ring (bicyclic) bond motifs is 1. The molecular weight excluding hydrogens is 399 g/mol. The Balaban J connectivity index is 1.39. The molecule has 1 unspecified atom stereocenters. The van der Waals surface area contributed by atoms with Crippen molar-refractivity contribution in [3.63, 3.8) is 0 Å². The maximum atomic E-state index is 14.4. The second-order valence-corrected chi connectivity index (χ2v) is 7.75. The number of nitrogens with zero attached hydrogens (tertiary/aromatic N) is 2. The number of halogens is 1. The molecule has 4 rings (SSSR count). The molecule has 0 saturated heterocycles. The molecule has 162 valence electrons. The molecule has 8 heteroatoms. The van der Waals surface area contributed by atoms with Gasteiger partial charge in [-0.1, -0.05) is 18.7 Å². The molecule has 0 spiro atoms. The first-order chi connectivity index (χ1) is 15.0. The van der Waals surface area contributed by atoms with Crippen molar-refractivity contribution in [2.75, 3.05) is 26.7 Å². The van der Waals surface area contributed by atoms with Crippen molar-refractivity contribution in [2.45, 2.75) is 25.6 Å².